The minimum Gasteiger partial charge on any atom is -0.494 e. The highest BCUT2D eigenvalue weighted by Gasteiger charge is 2.08. The van der Waals surface area contributed by atoms with Crippen LogP contribution in [0, 0.1) is 0 Å². The Labute approximate surface area is 176 Å². The number of hydrogen-bond donors (Lipinski definition) is 1. The SMILES string of the molecule is CS(=O)(=O)c1ccc(OCCCC(=O)NCc2ccccc2Cn2ccnc2)cc1. The van der Waals surface area contributed by atoms with E-state index in [1.807, 2.05) is 35.0 Å². The van der Waals surface area contributed by atoms with Crippen LogP contribution in [0.3, 0.4) is 0 Å². The largest absolute Gasteiger partial charge is 0.494 e. The monoisotopic (exact) mass is 427 g/mol. The van der Waals surface area contributed by atoms with Crippen molar-refractivity contribution in [2.75, 3.05) is 12.9 Å². The maximum absolute atomic E-state index is 12.2. The van der Waals surface area contributed by atoms with E-state index < -0.39 is 9.84 Å². The normalized spacial score (nSPS) is 11.2. The van der Waals surface area contributed by atoms with E-state index in [0.29, 0.717) is 38.3 Å². The zero-order valence-corrected chi connectivity index (χ0v) is 17.6. The van der Waals surface area contributed by atoms with Gasteiger partial charge in [0.25, 0.3) is 0 Å². The van der Waals surface area contributed by atoms with Gasteiger partial charge in [0.05, 0.1) is 17.8 Å². The van der Waals surface area contributed by atoms with Crippen molar-refractivity contribution in [3.8, 4) is 5.75 Å². The van der Waals surface area contributed by atoms with Gasteiger partial charge in [-0.15, -0.1) is 0 Å². The molecule has 0 aliphatic heterocycles. The first kappa shape index (κ1) is 21.6. The van der Waals surface area contributed by atoms with Crippen LogP contribution in [0.5, 0.6) is 5.75 Å². The second-order valence-corrected chi connectivity index (χ2v) is 8.99. The number of carbonyl (C=O) groups is 1. The van der Waals surface area contributed by atoms with E-state index in [4.69, 9.17) is 4.74 Å². The minimum absolute atomic E-state index is 0.0385. The number of rotatable bonds is 10. The molecular formula is C22H25N3O4S. The fourth-order valence-electron chi connectivity index (χ4n) is 2.95. The van der Waals surface area contributed by atoms with E-state index in [2.05, 4.69) is 10.3 Å². The van der Waals surface area contributed by atoms with Crippen molar-refractivity contribution in [1.29, 1.82) is 0 Å². The van der Waals surface area contributed by atoms with Crippen LogP contribution in [0.1, 0.15) is 24.0 Å². The van der Waals surface area contributed by atoms with Gasteiger partial charge in [0, 0.05) is 38.2 Å². The lowest BCUT2D eigenvalue weighted by Crippen LogP contribution is -2.23. The minimum atomic E-state index is -3.22. The second-order valence-electron chi connectivity index (χ2n) is 6.98. The van der Waals surface area contributed by atoms with Crippen LogP contribution in [-0.2, 0) is 27.7 Å². The van der Waals surface area contributed by atoms with Crippen molar-refractivity contribution in [2.24, 2.45) is 0 Å². The maximum Gasteiger partial charge on any atom is 0.220 e. The summed E-state index contributed by atoms with van der Waals surface area (Å²) in [4.78, 5) is 16.5. The predicted octanol–water partition coefficient (Wildman–Crippen LogP) is 2.81. The lowest BCUT2D eigenvalue weighted by atomic mass is 10.1. The molecule has 3 aromatic rings. The van der Waals surface area contributed by atoms with Crippen molar-refractivity contribution in [1.82, 2.24) is 14.9 Å². The summed E-state index contributed by atoms with van der Waals surface area (Å²) in [6, 6.07) is 14.3. The third-order valence-electron chi connectivity index (χ3n) is 4.58. The molecule has 1 N–H and O–H groups in total. The highest BCUT2D eigenvalue weighted by molar-refractivity contribution is 7.90. The molecule has 158 valence electrons. The Morgan fingerprint density at radius 2 is 1.83 bits per heavy atom. The number of imidazole rings is 1. The molecule has 1 heterocycles. The van der Waals surface area contributed by atoms with Crippen molar-refractivity contribution in [2.45, 2.75) is 30.8 Å². The Balaban J connectivity index is 1.40. The number of benzene rings is 2. The fourth-order valence-corrected chi connectivity index (χ4v) is 3.58. The topological polar surface area (TPSA) is 90.3 Å². The number of nitrogens with one attached hydrogen (secondary N) is 1. The van der Waals surface area contributed by atoms with E-state index in [-0.39, 0.29) is 10.8 Å². The smallest absolute Gasteiger partial charge is 0.220 e. The van der Waals surface area contributed by atoms with E-state index in [9.17, 15) is 13.2 Å². The standard InChI is InChI=1S/C22H25N3O4S/c1-30(27,28)21-10-8-20(9-11-21)29-14-4-7-22(26)24-15-18-5-2-3-6-19(18)16-25-13-12-23-17-25/h2-3,5-6,8-13,17H,4,7,14-16H2,1H3,(H,24,26). The van der Waals surface area contributed by atoms with E-state index in [0.717, 1.165) is 17.4 Å². The first-order valence-electron chi connectivity index (χ1n) is 9.64. The molecule has 0 saturated heterocycles. The van der Waals surface area contributed by atoms with Gasteiger partial charge in [-0.25, -0.2) is 13.4 Å². The van der Waals surface area contributed by atoms with Crippen LogP contribution in [0.2, 0.25) is 0 Å². The number of aromatic nitrogens is 2. The zero-order chi connectivity index (χ0) is 21.4. The molecular weight excluding hydrogens is 402 g/mol. The second kappa shape index (κ2) is 10.1. The van der Waals surface area contributed by atoms with Gasteiger partial charge in [-0.2, -0.15) is 0 Å². The molecule has 1 amide bonds. The van der Waals surface area contributed by atoms with Gasteiger partial charge >= 0.3 is 0 Å². The van der Waals surface area contributed by atoms with Crippen molar-refractivity contribution < 1.29 is 17.9 Å². The fraction of sp³-hybridized carbons (Fsp3) is 0.273. The Kier molecular flexibility index (Phi) is 7.24. The van der Waals surface area contributed by atoms with E-state index in [1.165, 1.54) is 12.1 Å². The summed E-state index contributed by atoms with van der Waals surface area (Å²) in [5, 5.41) is 2.96. The molecule has 8 heteroatoms. The average molecular weight is 428 g/mol. The van der Waals surface area contributed by atoms with E-state index in [1.54, 1.807) is 24.7 Å². The van der Waals surface area contributed by atoms with E-state index >= 15 is 0 Å². The van der Waals surface area contributed by atoms with Crippen LogP contribution in [0.15, 0.2) is 72.1 Å². The quantitative estimate of drug-likeness (QED) is 0.503. The molecule has 30 heavy (non-hydrogen) atoms. The number of sulfone groups is 1. The number of carbonyl (C=O) groups excluding carboxylic acids is 1. The molecule has 1 aromatic heterocycles. The Morgan fingerprint density at radius 1 is 1.10 bits per heavy atom. The predicted molar refractivity (Wildman–Crippen MR) is 114 cm³/mol. The molecule has 0 aliphatic carbocycles. The Hall–Kier alpha value is -3.13. The van der Waals surface area contributed by atoms with Crippen LogP contribution in [-0.4, -0.2) is 36.7 Å². The van der Waals surface area contributed by atoms with Crippen LogP contribution >= 0.6 is 0 Å². The van der Waals surface area contributed by atoms with Gasteiger partial charge in [0.1, 0.15) is 5.75 Å². The first-order chi connectivity index (χ1) is 14.4. The van der Waals surface area contributed by atoms with Gasteiger partial charge in [-0.05, 0) is 41.8 Å². The molecule has 7 nitrogen and oxygen atoms in total. The summed E-state index contributed by atoms with van der Waals surface area (Å²) >= 11 is 0. The first-order valence-corrected chi connectivity index (χ1v) is 11.5. The summed E-state index contributed by atoms with van der Waals surface area (Å²) in [5.74, 6) is 0.541. The van der Waals surface area contributed by atoms with Crippen LogP contribution in [0.4, 0.5) is 0 Å². The zero-order valence-electron chi connectivity index (χ0n) is 16.8. The third kappa shape index (κ3) is 6.45. The lowest BCUT2D eigenvalue weighted by molar-refractivity contribution is -0.121. The van der Waals surface area contributed by atoms with Crippen molar-refractivity contribution in [3.05, 3.63) is 78.4 Å². The summed E-state index contributed by atoms with van der Waals surface area (Å²) in [7, 11) is -3.22. The van der Waals surface area contributed by atoms with Gasteiger partial charge in [0.2, 0.25) is 5.91 Å². The molecule has 0 atom stereocenters. The van der Waals surface area contributed by atoms with Crippen molar-refractivity contribution in [3.63, 3.8) is 0 Å². The number of nitrogens with zero attached hydrogens (tertiary/aromatic N) is 2. The molecule has 2 aromatic carbocycles. The molecule has 0 radical (unpaired) electrons. The summed E-state index contributed by atoms with van der Waals surface area (Å²) in [6.07, 6.45) is 7.50. The van der Waals surface area contributed by atoms with Crippen LogP contribution in [0.25, 0.3) is 0 Å². The van der Waals surface area contributed by atoms with Crippen LogP contribution < -0.4 is 10.1 Å². The lowest BCUT2D eigenvalue weighted by Gasteiger charge is -2.11. The van der Waals surface area contributed by atoms with Gasteiger partial charge in [-0.1, -0.05) is 24.3 Å². The molecule has 0 bridgehead atoms. The molecule has 0 fully saturated rings. The number of hydrogen-bond acceptors (Lipinski definition) is 5. The third-order valence-corrected chi connectivity index (χ3v) is 5.70. The summed E-state index contributed by atoms with van der Waals surface area (Å²) < 4.78 is 30.5. The Morgan fingerprint density at radius 3 is 2.50 bits per heavy atom. The van der Waals surface area contributed by atoms with Gasteiger partial charge in [-0.3, -0.25) is 4.79 Å². The summed E-state index contributed by atoms with van der Waals surface area (Å²) in [6.45, 7) is 1.55. The molecule has 0 aliphatic rings. The summed E-state index contributed by atoms with van der Waals surface area (Å²) in [5.41, 5.74) is 2.21. The maximum atomic E-state index is 12.2. The van der Waals surface area contributed by atoms with Crippen molar-refractivity contribution >= 4 is 15.7 Å². The average Bonchev–Trinajstić information content (AvgIpc) is 3.23. The highest BCUT2D eigenvalue weighted by Crippen LogP contribution is 2.16. The number of ether oxygens (including phenoxy) is 1. The van der Waals surface area contributed by atoms with Gasteiger partial charge < -0.3 is 14.6 Å². The molecule has 3 rings (SSSR count). The molecule has 0 spiro atoms. The van der Waals surface area contributed by atoms with Gasteiger partial charge in [0.15, 0.2) is 9.84 Å². The molecule has 0 unspecified atom stereocenters. The highest BCUT2D eigenvalue weighted by atomic mass is 32.2. The molecule has 0 saturated carbocycles. The Bertz CT molecular complexity index is 1060. The number of amides is 1.